The first-order chi connectivity index (χ1) is 9.86. The smallest absolute Gasteiger partial charge is 0.294 e. The minimum Gasteiger partial charge on any atom is -0.381 e. The maximum atomic E-state index is 12.0. The Labute approximate surface area is 129 Å². The van der Waals surface area contributed by atoms with Crippen LogP contribution in [0.2, 0.25) is 5.02 Å². The molecule has 116 valence electrons. The fraction of sp³-hybridized carbons (Fsp3) is 0.500. The van der Waals surface area contributed by atoms with E-state index in [1.54, 1.807) is 7.05 Å². The molecule has 0 unspecified atom stereocenters. The second kappa shape index (κ2) is 7.83. The molecule has 0 saturated carbocycles. The van der Waals surface area contributed by atoms with Crippen molar-refractivity contribution < 1.29 is 9.72 Å². The van der Waals surface area contributed by atoms with E-state index in [9.17, 15) is 14.9 Å². The number of nitrogens with zero attached hydrogens (tertiary/aromatic N) is 1. The molecule has 0 heterocycles. The molecule has 0 aliphatic heterocycles. The summed E-state index contributed by atoms with van der Waals surface area (Å²) in [5.41, 5.74) is 0.186. The maximum Gasteiger partial charge on any atom is 0.294 e. The Morgan fingerprint density at radius 2 is 2.10 bits per heavy atom. The third-order valence-electron chi connectivity index (χ3n) is 3.02. The summed E-state index contributed by atoms with van der Waals surface area (Å²) in [7, 11) is 1.54. The second-order valence-corrected chi connectivity index (χ2v) is 5.56. The summed E-state index contributed by atoms with van der Waals surface area (Å²) in [4.78, 5) is 22.5. The van der Waals surface area contributed by atoms with E-state index in [1.165, 1.54) is 12.1 Å². The number of benzene rings is 1. The lowest BCUT2D eigenvalue weighted by Crippen LogP contribution is -2.24. The van der Waals surface area contributed by atoms with E-state index in [0.717, 1.165) is 12.8 Å². The molecule has 0 fully saturated rings. The van der Waals surface area contributed by atoms with E-state index >= 15 is 0 Å². The van der Waals surface area contributed by atoms with Gasteiger partial charge < -0.3 is 10.6 Å². The molecule has 2 N–H and O–H groups in total. The van der Waals surface area contributed by atoms with Crippen molar-refractivity contribution in [3.8, 4) is 0 Å². The Balaban J connectivity index is 2.83. The van der Waals surface area contributed by atoms with Crippen LogP contribution in [0.15, 0.2) is 12.1 Å². The topological polar surface area (TPSA) is 84.3 Å². The summed E-state index contributed by atoms with van der Waals surface area (Å²) >= 11 is 5.98. The fourth-order valence-corrected chi connectivity index (χ4v) is 2.24. The van der Waals surface area contributed by atoms with Crippen LogP contribution < -0.4 is 10.6 Å². The molecular weight excluding hydrogens is 294 g/mol. The molecule has 0 atom stereocenters. The molecule has 1 aromatic carbocycles. The zero-order valence-electron chi connectivity index (χ0n) is 12.4. The van der Waals surface area contributed by atoms with Gasteiger partial charge in [0.05, 0.1) is 9.95 Å². The third-order valence-corrected chi connectivity index (χ3v) is 3.32. The van der Waals surface area contributed by atoms with Crippen molar-refractivity contribution in [2.45, 2.75) is 26.7 Å². The average Bonchev–Trinajstić information content (AvgIpc) is 2.42. The van der Waals surface area contributed by atoms with Crippen LogP contribution in [0.1, 0.15) is 37.0 Å². The normalized spacial score (nSPS) is 10.5. The van der Waals surface area contributed by atoms with Crippen LogP contribution in [-0.4, -0.2) is 24.4 Å². The minimum atomic E-state index is -0.562. The predicted molar refractivity (Wildman–Crippen MR) is 84.1 cm³/mol. The molecule has 1 aromatic rings. The second-order valence-electron chi connectivity index (χ2n) is 5.15. The Morgan fingerprint density at radius 1 is 1.43 bits per heavy atom. The minimum absolute atomic E-state index is 0.152. The number of halogens is 1. The maximum absolute atomic E-state index is 12.0. The fourth-order valence-electron chi connectivity index (χ4n) is 1.93. The van der Waals surface area contributed by atoms with Crippen LogP contribution in [0.3, 0.4) is 0 Å². The largest absolute Gasteiger partial charge is 0.381 e. The predicted octanol–water partition coefficient (Wildman–Crippen LogP) is 3.46. The quantitative estimate of drug-likeness (QED) is 0.458. The molecule has 21 heavy (non-hydrogen) atoms. The summed E-state index contributed by atoms with van der Waals surface area (Å²) in [6.45, 7) is 4.76. The van der Waals surface area contributed by atoms with E-state index < -0.39 is 4.92 Å². The summed E-state index contributed by atoms with van der Waals surface area (Å²) in [5, 5.41) is 16.6. The van der Waals surface area contributed by atoms with E-state index in [1.807, 2.05) is 0 Å². The lowest BCUT2D eigenvalue weighted by Gasteiger charge is -2.09. The number of hydrogen-bond acceptors (Lipinski definition) is 4. The standard InChI is InChI=1S/C14H20ClN3O3/c1-9(2)5-4-6-17-14(19)10-7-11(15)13(16-3)12(8-10)18(20)21/h7-9,16H,4-6H2,1-3H3,(H,17,19). The van der Waals surface area contributed by atoms with Crippen molar-refractivity contribution in [2.75, 3.05) is 18.9 Å². The van der Waals surface area contributed by atoms with Crippen LogP contribution in [0.5, 0.6) is 0 Å². The SMILES string of the molecule is CNc1c(Cl)cc(C(=O)NCCCC(C)C)cc1[N+](=O)[O-]. The van der Waals surface area contributed by atoms with E-state index in [0.29, 0.717) is 12.5 Å². The Kier molecular flexibility index (Phi) is 6.42. The van der Waals surface area contributed by atoms with Crippen LogP contribution in [-0.2, 0) is 0 Å². The van der Waals surface area contributed by atoms with Gasteiger partial charge in [-0.1, -0.05) is 25.4 Å². The highest BCUT2D eigenvalue weighted by Crippen LogP contribution is 2.33. The molecule has 1 rings (SSSR count). The zero-order valence-corrected chi connectivity index (χ0v) is 13.2. The van der Waals surface area contributed by atoms with E-state index in [2.05, 4.69) is 24.5 Å². The zero-order chi connectivity index (χ0) is 16.0. The van der Waals surface area contributed by atoms with Gasteiger partial charge in [-0.25, -0.2) is 0 Å². The first kappa shape index (κ1) is 17.2. The van der Waals surface area contributed by atoms with Crippen molar-refractivity contribution in [3.05, 3.63) is 32.8 Å². The first-order valence-corrected chi connectivity index (χ1v) is 7.18. The molecule has 0 bridgehead atoms. The van der Waals surface area contributed by atoms with Gasteiger partial charge in [-0.3, -0.25) is 14.9 Å². The lowest BCUT2D eigenvalue weighted by molar-refractivity contribution is -0.383. The average molecular weight is 314 g/mol. The Morgan fingerprint density at radius 3 is 2.62 bits per heavy atom. The number of carbonyl (C=O) groups is 1. The van der Waals surface area contributed by atoms with Gasteiger partial charge in [-0.15, -0.1) is 0 Å². The number of rotatable bonds is 7. The Bertz CT molecular complexity index is 532. The number of carbonyl (C=O) groups excluding carboxylic acids is 1. The van der Waals surface area contributed by atoms with E-state index in [-0.39, 0.29) is 27.9 Å². The number of nitro benzene ring substituents is 1. The van der Waals surface area contributed by atoms with Crippen molar-refractivity contribution in [2.24, 2.45) is 5.92 Å². The van der Waals surface area contributed by atoms with Crippen molar-refractivity contribution in [1.29, 1.82) is 0 Å². The summed E-state index contributed by atoms with van der Waals surface area (Å²) < 4.78 is 0. The van der Waals surface area contributed by atoms with Gasteiger partial charge in [-0.05, 0) is 24.8 Å². The van der Waals surface area contributed by atoms with Gasteiger partial charge in [0.1, 0.15) is 5.69 Å². The van der Waals surface area contributed by atoms with E-state index in [4.69, 9.17) is 11.6 Å². The summed E-state index contributed by atoms with van der Waals surface area (Å²) in [6, 6.07) is 2.66. The first-order valence-electron chi connectivity index (χ1n) is 6.80. The molecule has 0 spiro atoms. The van der Waals surface area contributed by atoms with Gasteiger partial charge in [0.15, 0.2) is 0 Å². The number of nitro groups is 1. The highest BCUT2D eigenvalue weighted by atomic mass is 35.5. The number of amides is 1. The van der Waals surface area contributed by atoms with Crippen molar-refractivity contribution >= 4 is 28.9 Å². The van der Waals surface area contributed by atoms with Crippen LogP contribution in [0.4, 0.5) is 11.4 Å². The number of anilines is 1. The van der Waals surface area contributed by atoms with Gasteiger partial charge in [-0.2, -0.15) is 0 Å². The van der Waals surface area contributed by atoms with Gasteiger partial charge >= 0.3 is 0 Å². The third kappa shape index (κ3) is 4.90. The molecule has 7 heteroatoms. The summed E-state index contributed by atoms with van der Waals surface area (Å²) in [5.74, 6) is 0.221. The van der Waals surface area contributed by atoms with Crippen molar-refractivity contribution in [1.82, 2.24) is 5.32 Å². The molecular formula is C14H20ClN3O3. The molecule has 0 saturated heterocycles. The Hall–Kier alpha value is -1.82. The molecule has 0 aliphatic rings. The summed E-state index contributed by atoms with van der Waals surface area (Å²) in [6.07, 6.45) is 1.88. The van der Waals surface area contributed by atoms with Crippen LogP contribution >= 0.6 is 11.6 Å². The molecule has 6 nitrogen and oxygen atoms in total. The van der Waals surface area contributed by atoms with Crippen LogP contribution in [0, 0.1) is 16.0 Å². The van der Waals surface area contributed by atoms with Crippen molar-refractivity contribution in [3.63, 3.8) is 0 Å². The van der Waals surface area contributed by atoms with Gasteiger partial charge in [0, 0.05) is 25.2 Å². The molecule has 1 amide bonds. The van der Waals surface area contributed by atoms with Gasteiger partial charge in [0.2, 0.25) is 0 Å². The lowest BCUT2D eigenvalue weighted by atomic mass is 10.1. The molecule has 0 radical (unpaired) electrons. The highest BCUT2D eigenvalue weighted by Gasteiger charge is 2.20. The van der Waals surface area contributed by atoms with Gasteiger partial charge in [0.25, 0.3) is 11.6 Å². The number of nitrogens with one attached hydrogen (secondary N) is 2. The number of hydrogen-bond donors (Lipinski definition) is 2. The molecule has 0 aromatic heterocycles. The van der Waals surface area contributed by atoms with Crippen LogP contribution in [0.25, 0.3) is 0 Å². The molecule has 0 aliphatic carbocycles. The monoisotopic (exact) mass is 313 g/mol. The highest BCUT2D eigenvalue weighted by molar-refractivity contribution is 6.34.